The van der Waals surface area contributed by atoms with Crippen molar-refractivity contribution in [1.29, 1.82) is 0 Å². The van der Waals surface area contributed by atoms with Crippen LogP contribution in [0.4, 0.5) is 10.2 Å². The van der Waals surface area contributed by atoms with Crippen LogP contribution >= 0.6 is 0 Å². The summed E-state index contributed by atoms with van der Waals surface area (Å²) >= 11 is 0. The Hall–Kier alpha value is -3.91. The standard InChI is InChI=1S/C29H30FN5O2/c1-4-20-6-7-25(27-14-31-15-28(34-27)35-8-5-9-35)33-26(20)10-18(2)13-32-29(36)21-11-22-19(3)16-37-17-23(22)24(30)12-21/h4,6-7,10-12,14-15,19H,2,5,8-9,13,16-17H2,1,3H3,(H,32,36)/b20-4-,26-10+. The second-order valence-corrected chi connectivity index (χ2v) is 9.49. The molecule has 0 spiro atoms. The van der Waals surface area contributed by atoms with Crippen LogP contribution in [0.25, 0.3) is 23.5 Å². The highest BCUT2D eigenvalue weighted by Gasteiger charge is 2.22. The van der Waals surface area contributed by atoms with Crippen molar-refractivity contribution in [2.45, 2.75) is 32.8 Å². The Balaban J connectivity index is 1.34. The molecule has 2 aromatic heterocycles. The summed E-state index contributed by atoms with van der Waals surface area (Å²) in [6.45, 7) is 10.9. The molecule has 190 valence electrons. The summed E-state index contributed by atoms with van der Waals surface area (Å²) in [5.74, 6) is 0.129. The van der Waals surface area contributed by atoms with Crippen molar-refractivity contribution in [1.82, 2.24) is 20.3 Å². The van der Waals surface area contributed by atoms with E-state index in [0.717, 1.165) is 35.0 Å². The molecule has 0 saturated carbocycles. The smallest absolute Gasteiger partial charge is 0.251 e. The van der Waals surface area contributed by atoms with Crippen LogP contribution in [-0.4, -0.2) is 47.1 Å². The van der Waals surface area contributed by atoms with Crippen LogP contribution in [0, 0.1) is 5.82 Å². The Kier molecular flexibility index (Phi) is 7.10. The van der Waals surface area contributed by atoms with Gasteiger partial charge >= 0.3 is 0 Å². The Morgan fingerprint density at radius 2 is 2.08 bits per heavy atom. The SMILES string of the molecule is C=C(/C=c1/nc(-c2cncc(N3CCC3)n2)cc/c1=C/C)CNC(=O)c1cc(F)c2c(c1)C(C)COC2. The predicted octanol–water partition coefficient (Wildman–Crippen LogP) is 3.09. The summed E-state index contributed by atoms with van der Waals surface area (Å²) in [6.07, 6.45) is 8.47. The Labute approximate surface area is 215 Å². The van der Waals surface area contributed by atoms with Gasteiger partial charge in [-0.25, -0.2) is 14.4 Å². The number of hydrogen-bond acceptors (Lipinski definition) is 6. The number of pyridine rings is 1. The third kappa shape index (κ3) is 5.29. The number of hydrogen-bond donors (Lipinski definition) is 1. The number of carbonyl (C=O) groups is 1. The van der Waals surface area contributed by atoms with Crippen LogP contribution in [0.2, 0.25) is 0 Å². The van der Waals surface area contributed by atoms with Gasteiger partial charge in [0.15, 0.2) is 0 Å². The number of halogens is 1. The first-order valence-electron chi connectivity index (χ1n) is 12.5. The number of carbonyl (C=O) groups excluding carboxylic acids is 1. The fourth-order valence-corrected chi connectivity index (χ4v) is 4.51. The lowest BCUT2D eigenvalue weighted by atomic mass is 9.92. The second kappa shape index (κ2) is 10.6. The third-order valence-electron chi connectivity index (χ3n) is 6.79. The number of ether oxygens (including phenoxy) is 1. The van der Waals surface area contributed by atoms with E-state index in [-0.39, 0.29) is 25.0 Å². The number of nitrogens with zero attached hydrogens (tertiary/aromatic N) is 4. The average molecular weight is 500 g/mol. The second-order valence-electron chi connectivity index (χ2n) is 9.49. The zero-order valence-electron chi connectivity index (χ0n) is 21.1. The zero-order valence-corrected chi connectivity index (χ0v) is 21.1. The number of aromatic nitrogens is 3. The highest BCUT2D eigenvalue weighted by atomic mass is 19.1. The van der Waals surface area contributed by atoms with Crippen molar-refractivity contribution in [2.24, 2.45) is 0 Å². The maximum atomic E-state index is 14.6. The summed E-state index contributed by atoms with van der Waals surface area (Å²) < 4.78 is 20.0. The van der Waals surface area contributed by atoms with E-state index < -0.39 is 5.82 Å². The molecule has 1 unspecified atom stereocenters. The molecule has 8 heteroatoms. The minimum absolute atomic E-state index is 0.0349. The zero-order chi connectivity index (χ0) is 25.9. The lowest BCUT2D eigenvalue weighted by Gasteiger charge is -2.31. The minimum Gasteiger partial charge on any atom is -0.376 e. The van der Waals surface area contributed by atoms with Gasteiger partial charge in [0.2, 0.25) is 0 Å². The number of benzene rings is 1. The molecule has 4 heterocycles. The molecule has 2 aliphatic rings. The van der Waals surface area contributed by atoms with Crippen LogP contribution in [-0.2, 0) is 11.3 Å². The lowest BCUT2D eigenvalue weighted by Crippen LogP contribution is -2.37. The van der Waals surface area contributed by atoms with Crippen molar-refractivity contribution in [2.75, 3.05) is 31.1 Å². The maximum Gasteiger partial charge on any atom is 0.251 e. The molecule has 1 amide bonds. The number of rotatable bonds is 6. The Morgan fingerprint density at radius 1 is 1.24 bits per heavy atom. The molecule has 5 rings (SSSR count). The summed E-state index contributed by atoms with van der Waals surface area (Å²) in [7, 11) is 0. The molecule has 2 aliphatic heterocycles. The summed E-state index contributed by atoms with van der Waals surface area (Å²) in [4.78, 5) is 28.9. The molecular formula is C29H30FN5O2. The van der Waals surface area contributed by atoms with E-state index in [1.807, 2.05) is 38.1 Å². The van der Waals surface area contributed by atoms with Gasteiger partial charge in [0, 0.05) is 36.7 Å². The molecule has 1 atom stereocenters. The van der Waals surface area contributed by atoms with Gasteiger partial charge in [-0.1, -0.05) is 25.6 Å². The van der Waals surface area contributed by atoms with Gasteiger partial charge in [-0.3, -0.25) is 9.78 Å². The molecule has 0 bridgehead atoms. The van der Waals surface area contributed by atoms with Gasteiger partial charge in [-0.05, 0) is 54.0 Å². The minimum atomic E-state index is -0.412. The van der Waals surface area contributed by atoms with Gasteiger partial charge in [-0.15, -0.1) is 0 Å². The van der Waals surface area contributed by atoms with Gasteiger partial charge in [0.1, 0.15) is 17.3 Å². The van der Waals surface area contributed by atoms with E-state index in [1.54, 1.807) is 18.5 Å². The van der Waals surface area contributed by atoms with Crippen molar-refractivity contribution in [3.05, 3.63) is 81.9 Å². The fourth-order valence-electron chi connectivity index (χ4n) is 4.51. The van der Waals surface area contributed by atoms with Crippen LogP contribution in [0.15, 0.2) is 48.8 Å². The number of amides is 1. The van der Waals surface area contributed by atoms with Crippen molar-refractivity contribution >= 4 is 23.9 Å². The number of fused-ring (bicyclic) bond motifs is 1. The molecule has 1 saturated heterocycles. The maximum absolute atomic E-state index is 14.6. The van der Waals surface area contributed by atoms with Crippen LogP contribution < -0.4 is 20.8 Å². The quantitative estimate of drug-likeness (QED) is 0.562. The van der Waals surface area contributed by atoms with Crippen LogP contribution in [0.3, 0.4) is 0 Å². The topological polar surface area (TPSA) is 80.2 Å². The Morgan fingerprint density at radius 3 is 2.84 bits per heavy atom. The third-order valence-corrected chi connectivity index (χ3v) is 6.79. The van der Waals surface area contributed by atoms with Crippen molar-refractivity contribution in [3.8, 4) is 11.4 Å². The van der Waals surface area contributed by atoms with Gasteiger partial charge < -0.3 is 15.0 Å². The number of nitrogens with one attached hydrogen (secondary N) is 1. The molecule has 1 fully saturated rings. The van der Waals surface area contributed by atoms with E-state index in [0.29, 0.717) is 34.7 Å². The summed E-state index contributed by atoms with van der Waals surface area (Å²) in [5, 5.41) is 4.52. The predicted molar refractivity (Wildman–Crippen MR) is 142 cm³/mol. The van der Waals surface area contributed by atoms with Gasteiger partial charge in [0.25, 0.3) is 5.91 Å². The Bertz CT molecular complexity index is 1480. The van der Waals surface area contributed by atoms with E-state index in [9.17, 15) is 9.18 Å². The monoisotopic (exact) mass is 499 g/mol. The lowest BCUT2D eigenvalue weighted by molar-refractivity contribution is 0.0910. The largest absolute Gasteiger partial charge is 0.376 e. The average Bonchev–Trinajstić information content (AvgIpc) is 2.87. The van der Waals surface area contributed by atoms with Crippen LogP contribution in [0.5, 0.6) is 0 Å². The molecular weight excluding hydrogens is 469 g/mol. The molecule has 3 aromatic rings. The normalized spacial score (nSPS) is 17.8. The summed E-state index contributed by atoms with van der Waals surface area (Å²) in [6, 6.07) is 6.95. The van der Waals surface area contributed by atoms with Gasteiger partial charge in [0.05, 0.1) is 36.7 Å². The molecule has 0 radical (unpaired) electrons. The van der Waals surface area contributed by atoms with Crippen LogP contribution in [0.1, 0.15) is 47.7 Å². The van der Waals surface area contributed by atoms with E-state index in [4.69, 9.17) is 14.7 Å². The van der Waals surface area contributed by atoms with Gasteiger partial charge in [-0.2, -0.15) is 0 Å². The molecule has 37 heavy (non-hydrogen) atoms. The van der Waals surface area contributed by atoms with Crippen molar-refractivity contribution < 1.29 is 13.9 Å². The molecule has 1 N–H and O–H groups in total. The van der Waals surface area contributed by atoms with E-state index >= 15 is 0 Å². The first-order chi connectivity index (χ1) is 17.9. The summed E-state index contributed by atoms with van der Waals surface area (Å²) in [5.41, 5.74) is 3.73. The first-order valence-corrected chi connectivity index (χ1v) is 12.5. The molecule has 7 nitrogen and oxygen atoms in total. The first kappa shape index (κ1) is 24.8. The molecule has 0 aliphatic carbocycles. The highest BCUT2D eigenvalue weighted by Crippen LogP contribution is 2.29. The number of anilines is 1. The fraction of sp³-hybridized carbons (Fsp3) is 0.310. The van der Waals surface area contributed by atoms with E-state index in [2.05, 4.69) is 21.8 Å². The van der Waals surface area contributed by atoms with E-state index in [1.165, 1.54) is 12.5 Å². The highest BCUT2D eigenvalue weighted by molar-refractivity contribution is 5.94. The van der Waals surface area contributed by atoms with Crippen molar-refractivity contribution in [3.63, 3.8) is 0 Å². The molecule has 1 aromatic carbocycles.